The summed E-state index contributed by atoms with van der Waals surface area (Å²) in [5, 5.41) is 0. The van der Waals surface area contributed by atoms with E-state index in [2.05, 4.69) is 34.8 Å². The topological polar surface area (TPSA) is 53.1 Å². The standard InChI is InChI=1S/C15H21N3O/c1-3-12(16)10-14-7-5-9-18(14)11-13-6-4-8-15(17-13)19-2/h4-9,12H,3,10-11,16H2,1-2H3. The highest BCUT2D eigenvalue weighted by Gasteiger charge is 2.07. The summed E-state index contributed by atoms with van der Waals surface area (Å²) in [7, 11) is 1.63. The van der Waals surface area contributed by atoms with Crippen LogP contribution in [0, 0.1) is 0 Å². The fourth-order valence-corrected chi connectivity index (χ4v) is 2.04. The molecule has 1 unspecified atom stereocenters. The molecule has 0 aliphatic carbocycles. The smallest absolute Gasteiger partial charge is 0.213 e. The monoisotopic (exact) mass is 259 g/mol. The van der Waals surface area contributed by atoms with Crippen molar-refractivity contribution in [2.75, 3.05) is 7.11 Å². The van der Waals surface area contributed by atoms with Crippen molar-refractivity contribution < 1.29 is 4.74 Å². The zero-order chi connectivity index (χ0) is 13.7. The first-order chi connectivity index (χ1) is 9.22. The molecule has 0 spiro atoms. The molecule has 2 N–H and O–H groups in total. The summed E-state index contributed by atoms with van der Waals surface area (Å²) >= 11 is 0. The number of rotatable bonds is 6. The van der Waals surface area contributed by atoms with Crippen LogP contribution in [0.4, 0.5) is 0 Å². The number of nitrogens with two attached hydrogens (primary N) is 1. The van der Waals surface area contributed by atoms with Gasteiger partial charge in [-0.3, -0.25) is 0 Å². The number of nitrogens with zero attached hydrogens (tertiary/aromatic N) is 2. The Bertz CT molecular complexity index is 522. The molecule has 0 aliphatic rings. The number of hydrogen-bond acceptors (Lipinski definition) is 3. The van der Waals surface area contributed by atoms with Gasteiger partial charge in [0.1, 0.15) is 0 Å². The summed E-state index contributed by atoms with van der Waals surface area (Å²) in [6, 6.07) is 10.2. The van der Waals surface area contributed by atoms with Gasteiger partial charge in [-0.2, -0.15) is 0 Å². The van der Waals surface area contributed by atoms with E-state index in [0.29, 0.717) is 5.88 Å². The molecule has 4 nitrogen and oxygen atoms in total. The summed E-state index contributed by atoms with van der Waals surface area (Å²) in [4.78, 5) is 4.43. The lowest BCUT2D eigenvalue weighted by Crippen LogP contribution is -2.23. The Kier molecular flexibility index (Phi) is 4.58. The number of hydrogen-bond donors (Lipinski definition) is 1. The third kappa shape index (κ3) is 3.58. The summed E-state index contributed by atoms with van der Waals surface area (Å²) < 4.78 is 7.34. The second-order valence-electron chi connectivity index (χ2n) is 4.67. The van der Waals surface area contributed by atoms with Crippen LogP contribution in [0.1, 0.15) is 24.7 Å². The van der Waals surface area contributed by atoms with Crippen molar-refractivity contribution in [2.24, 2.45) is 5.73 Å². The second kappa shape index (κ2) is 6.38. The van der Waals surface area contributed by atoms with Gasteiger partial charge in [0.15, 0.2) is 0 Å². The van der Waals surface area contributed by atoms with E-state index in [9.17, 15) is 0 Å². The van der Waals surface area contributed by atoms with Crippen molar-refractivity contribution in [1.29, 1.82) is 0 Å². The molecule has 102 valence electrons. The largest absolute Gasteiger partial charge is 0.481 e. The van der Waals surface area contributed by atoms with Crippen LogP contribution < -0.4 is 10.5 Å². The van der Waals surface area contributed by atoms with Crippen LogP contribution in [-0.2, 0) is 13.0 Å². The van der Waals surface area contributed by atoms with Gasteiger partial charge in [-0.25, -0.2) is 4.98 Å². The molecule has 2 aromatic rings. The zero-order valence-electron chi connectivity index (χ0n) is 11.5. The first-order valence-electron chi connectivity index (χ1n) is 6.62. The Hall–Kier alpha value is -1.81. The lowest BCUT2D eigenvalue weighted by molar-refractivity contribution is 0.396. The highest BCUT2D eigenvalue weighted by Crippen LogP contribution is 2.12. The number of aromatic nitrogens is 2. The number of pyridine rings is 1. The minimum Gasteiger partial charge on any atom is -0.481 e. The van der Waals surface area contributed by atoms with Crippen LogP contribution in [0.15, 0.2) is 36.5 Å². The normalized spacial score (nSPS) is 12.4. The second-order valence-corrected chi connectivity index (χ2v) is 4.67. The summed E-state index contributed by atoms with van der Waals surface area (Å²) in [6.07, 6.45) is 3.95. The van der Waals surface area contributed by atoms with Crippen molar-refractivity contribution in [2.45, 2.75) is 32.4 Å². The molecule has 19 heavy (non-hydrogen) atoms. The van der Waals surface area contributed by atoms with Gasteiger partial charge in [0, 0.05) is 30.4 Å². The van der Waals surface area contributed by atoms with Crippen LogP contribution in [0.2, 0.25) is 0 Å². The highest BCUT2D eigenvalue weighted by atomic mass is 16.5. The minimum atomic E-state index is 0.215. The van der Waals surface area contributed by atoms with Crippen LogP contribution in [-0.4, -0.2) is 22.7 Å². The maximum absolute atomic E-state index is 6.02. The van der Waals surface area contributed by atoms with Gasteiger partial charge in [0.05, 0.1) is 19.3 Å². The van der Waals surface area contributed by atoms with E-state index in [1.165, 1.54) is 5.69 Å². The van der Waals surface area contributed by atoms with Crippen LogP contribution in [0.25, 0.3) is 0 Å². The fourth-order valence-electron chi connectivity index (χ4n) is 2.04. The molecule has 0 fully saturated rings. The molecule has 0 bridgehead atoms. The predicted molar refractivity (Wildman–Crippen MR) is 76.3 cm³/mol. The molecule has 0 amide bonds. The number of methoxy groups -OCH3 is 1. The van der Waals surface area contributed by atoms with E-state index in [1.807, 2.05) is 18.2 Å². The Morgan fingerprint density at radius 3 is 2.89 bits per heavy atom. The Labute approximate surface area is 114 Å². The summed E-state index contributed by atoms with van der Waals surface area (Å²) in [5.74, 6) is 0.650. The molecule has 2 aromatic heterocycles. The Morgan fingerprint density at radius 2 is 2.16 bits per heavy atom. The van der Waals surface area contributed by atoms with Gasteiger partial charge in [0.2, 0.25) is 5.88 Å². The lowest BCUT2D eigenvalue weighted by atomic mass is 10.1. The van der Waals surface area contributed by atoms with Crippen molar-refractivity contribution in [3.05, 3.63) is 47.9 Å². The van der Waals surface area contributed by atoms with E-state index in [4.69, 9.17) is 10.5 Å². The van der Waals surface area contributed by atoms with Gasteiger partial charge < -0.3 is 15.0 Å². The SMILES string of the molecule is CCC(N)Cc1cccn1Cc1cccc(OC)n1. The maximum atomic E-state index is 6.02. The predicted octanol–water partition coefficient (Wildman–Crippen LogP) is 2.22. The van der Waals surface area contributed by atoms with Crippen LogP contribution in [0.5, 0.6) is 5.88 Å². The van der Waals surface area contributed by atoms with E-state index >= 15 is 0 Å². The third-order valence-electron chi connectivity index (χ3n) is 3.24. The summed E-state index contributed by atoms with van der Waals surface area (Å²) in [6.45, 7) is 2.86. The van der Waals surface area contributed by atoms with Crippen molar-refractivity contribution in [1.82, 2.24) is 9.55 Å². The average molecular weight is 259 g/mol. The molecule has 0 saturated carbocycles. The van der Waals surface area contributed by atoms with E-state index < -0.39 is 0 Å². The van der Waals surface area contributed by atoms with Crippen LogP contribution >= 0.6 is 0 Å². The molecule has 0 saturated heterocycles. The molecular weight excluding hydrogens is 238 g/mol. The van der Waals surface area contributed by atoms with E-state index in [0.717, 1.165) is 25.1 Å². The molecule has 0 radical (unpaired) electrons. The molecule has 2 rings (SSSR count). The molecule has 1 atom stereocenters. The third-order valence-corrected chi connectivity index (χ3v) is 3.24. The molecule has 0 aliphatic heterocycles. The molecule has 4 heteroatoms. The summed E-state index contributed by atoms with van der Waals surface area (Å²) in [5.41, 5.74) is 8.26. The zero-order valence-corrected chi connectivity index (χ0v) is 11.5. The van der Waals surface area contributed by atoms with Crippen LogP contribution in [0.3, 0.4) is 0 Å². The number of ether oxygens (including phenoxy) is 1. The average Bonchev–Trinajstić information content (AvgIpc) is 2.86. The Morgan fingerprint density at radius 1 is 1.32 bits per heavy atom. The Balaban J connectivity index is 2.12. The van der Waals surface area contributed by atoms with Crippen molar-refractivity contribution in [3.63, 3.8) is 0 Å². The highest BCUT2D eigenvalue weighted by molar-refractivity contribution is 5.18. The quantitative estimate of drug-likeness (QED) is 0.865. The maximum Gasteiger partial charge on any atom is 0.213 e. The van der Waals surface area contributed by atoms with Gasteiger partial charge in [-0.15, -0.1) is 0 Å². The molecular formula is C15H21N3O. The van der Waals surface area contributed by atoms with Gasteiger partial charge in [-0.05, 0) is 24.6 Å². The van der Waals surface area contributed by atoms with E-state index in [-0.39, 0.29) is 6.04 Å². The fraction of sp³-hybridized carbons (Fsp3) is 0.400. The van der Waals surface area contributed by atoms with Crippen molar-refractivity contribution >= 4 is 0 Å². The lowest BCUT2D eigenvalue weighted by Gasteiger charge is -2.13. The minimum absolute atomic E-state index is 0.215. The van der Waals surface area contributed by atoms with Crippen molar-refractivity contribution in [3.8, 4) is 5.88 Å². The van der Waals surface area contributed by atoms with Gasteiger partial charge in [0.25, 0.3) is 0 Å². The molecule has 2 heterocycles. The first kappa shape index (κ1) is 13.6. The van der Waals surface area contributed by atoms with E-state index in [1.54, 1.807) is 7.11 Å². The van der Waals surface area contributed by atoms with Gasteiger partial charge >= 0.3 is 0 Å². The first-order valence-corrected chi connectivity index (χ1v) is 6.62. The van der Waals surface area contributed by atoms with Gasteiger partial charge in [-0.1, -0.05) is 13.0 Å². The molecule has 0 aromatic carbocycles.